The van der Waals surface area contributed by atoms with E-state index in [2.05, 4.69) is 15.3 Å². The van der Waals surface area contributed by atoms with Crippen LogP contribution in [0.25, 0.3) is 0 Å². The lowest BCUT2D eigenvalue weighted by atomic mass is 10.2. The van der Waals surface area contributed by atoms with Crippen molar-refractivity contribution in [1.29, 1.82) is 0 Å². The fraction of sp³-hybridized carbons (Fsp3) is 0.0909. The van der Waals surface area contributed by atoms with Gasteiger partial charge >= 0.3 is 0 Å². The second-order valence-electron chi connectivity index (χ2n) is 3.36. The maximum absolute atomic E-state index is 13.2. The number of hydrogen-bond acceptors (Lipinski definition) is 2. The summed E-state index contributed by atoms with van der Waals surface area (Å²) in [6.45, 7) is 0.132. The molecule has 4 nitrogen and oxygen atoms in total. The Bertz CT molecular complexity index is 505. The average Bonchev–Trinajstić information content (AvgIpc) is 2.79. The van der Waals surface area contributed by atoms with Crippen LogP contribution in [0.15, 0.2) is 30.7 Å². The minimum Gasteiger partial charge on any atom is -0.347 e. The Hall–Kier alpha value is -2.24. The van der Waals surface area contributed by atoms with Crippen LogP contribution < -0.4 is 5.32 Å². The highest BCUT2D eigenvalue weighted by Gasteiger charge is 2.16. The van der Waals surface area contributed by atoms with E-state index in [1.165, 1.54) is 18.6 Å². The van der Waals surface area contributed by atoms with Gasteiger partial charge in [-0.15, -0.1) is 0 Å². The molecule has 0 aliphatic rings. The Morgan fingerprint density at radius 2 is 2.06 bits per heavy atom. The molecule has 88 valence electrons. The topological polar surface area (TPSA) is 57.8 Å². The quantitative estimate of drug-likeness (QED) is 0.852. The monoisotopic (exact) mass is 237 g/mol. The van der Waals surface area contributed by atoms with Gasteiger partial charge in [-0.05, 0) is 12.1 Å². The largest absolute Gasteiger partial charge is 0.347 e. The van der Waals surface area contributed by atoms with Gasteiger partial charge < -0.3 is 10.3 Å². The van der Waals surface area contributed by atoms with Gasteiger partial charge in [0, 0.05) is 6.20 Å². The third-order valence-electron chi connectivity index (χ3n) is 2.18. The Morgan fingerprint density at radius 3 is 2.65 bits per heavy atom. The van der Waals surface area contributed by atoms with Crippen molar-refractivity contribution in [2.24, 2.45) is 0 Å². The molecule has 0 aliphatic heterocycles. The van der Waals surface area contributed by atoms with Crippen LogP contribution in [-0.2, 0) is 6.54 Å². The zero-order valence-electron chi connectivity index (χ0n) is 8.71. The van der Waals surface area contributed by atoms with Crippen LogP contribution in [0.1, 0.15) is 16.1 Å². The van der Waals surface area contributed by atoms with E-state index in [-0.39, 0.29) is 6.54 Å². The first kappa shape index (κ1) is 11.3. The molecule has 0 aliphatic carbocycles. The normalized spacial score (nSPS) is 10.2. The highest BCUT2D eigenvalue weighted by atomic mass is 19.1. The third-order valence-corrected chi connectivity index (χ3v) is 2.18. The summed E-state index contributed by atoms with van der Waals surface area (Å²) in [7, 11) is 0. The number of aromatic amines is 1. The van der Waals surface area contributed by atoms with E-state index in [4.69, 9.17) is 0 Å². The fourth-order valence-corrected chi connectivity index (χ4v) is 1.36. The van der Waals surface area contributed by atoms with Crippen LogP contribution in [0.5, 0.6) is 0 Å². The standard InChI is InChI=1S/C11H9F2N3O/c12-8-2-1-3-9(13)10(8)11(17)15-5-7-4-14-6-16-7/h1-4,6H,5H2,(H,14,16)(H,15,17). The van der Waals surface area contributed by atoms with Gasteiger partial charge in [0.1, 0.15) is 17.2 Å². The minimum absolute atomic E-state index is 0.132. The van der Waals surface area contributed by atoms with Crippen LogP contribution in [0, 0.1) is 11.6 Å². The van der Waals surface area contributed by atoms with Gasteiger partial charge in [-0.1, -0.05) is 6.07 Å². The number of benzene rings is 1. The van der Waals surface area contributed by atoms with Crippen LogP contribution in [0.3, 0.4) is 0 Å². The minimum atomic E-state index is -0.882. The van der Waals surface area contributed by atoms with E-state index in [0.717, 1.165) is 12.1 Å². The van der Waals surface area contributed by atoms with Crippen molar-refractivity contribution < 1.29 is 13.6 Å². The number of carbonyl (C=O) groups excluding carboxylic acids is 1. The second kappa shape index (κ2) is 4.73. The van der Waals surface area contributed by atoms with Crippen LogP contribution in [0.4, 0.5) is 8.78 Å². The lowest BCUT2D eigenvalue weighted by Gasteiger charge is -2.05. The predicted molar refractivity (Wildman–Crippen MR) is 56.1 cm³/mol. The van der Waals surface area contributed by atoms with Crippen molar-refractivity contribution in [2.75, 3.05) is 0 Å². The van der Waals surface area contributed by atoms with Crippen molar-refractivity contribution >= 4 is 5.91 Å². The molecule has 2 N–H and O–H groups in total. The van der Waals surface area contributed by atoms with E-state index < -0.39 is 23.1 Å². The van der Waals surface area contributed by atoms with Crippen molar-refractivity contribution in [3.8, 4) is 0 Å². The number of rotatable bonds is 3. The molecule has 6 heteroatoms. The summed E-state index contributed by atoms with van der Waals surface area (Å²) in [6, 6.07) is 3.28. The number of nitrogens with one attached hydrogen (secondary N) is 2. The van der Waals surface area contributed by atoms with Gasteiger partial charge in [-0.25, -0.2) is 13.8 Å². The fourth-order valence-electron chi connectivity index (χ4n) is 1.36. The maximum atomic E-state index is 13.2. The molecule has 2 aromatic rings. The highest BCUT2D eigenvalue weighted by Crippen LogP contribution is 2.11. The molecule has 0 saturated heterocycles. The molecule has 0 saturated carbocycles. The summed E-state index contributed by atoms with van der Waals surface area (Å²) >= 11 is 0. The zero-order valence-corrected chi connectivity index (χ0v) is 8.71. The maximum Gasteiger partial charge on any atom is 0.257 e. The van der Waals surface area contributed by atoms with Gasteiger partial charge in [-0.2, -0.15) is 0 Å². The molecule has 0 radical (unpaired) electrons. The molecule has 1 heterocycles. The van der Waals surface area contributed by atoms with Crippen molar-refractivity contribution in [1.82, 2.24) is 15.3 Å². The molecule has 2 rings (SSSR count). The molecule has 1 aromatic heterocycles. The van der Waals surface area contributed by atoms with E-state index in [0.29, 0.717) is 5.69 Å². The average molecular weight is 237 g/mol. The molecule has 0 unspecified atom stereocenters. The predicted octanol–water partition coefficient (Wildman–Crippen LogP) is 1.62. The smallest absolute Gasteiger partial charge is 0.257 e. The molecule has 17 heavy (non-hydrogen) atoms. The highest BCUT2D eigenvalue weighted by molar-refractivity contribution is 5.94. The van der Waals surface area contributed by atoms with Crippen LogP contribution >= 0.6 is 0 Å². The van der Waals surface area contributed by atoms with Gasteiger partial charge in [0.05, 0.1) is 18.6 Å². The molecule has 0 bridgehead atoms. The molecule has 0 atom stereocenters. The number of halogens is 2. The lowest BCUT2D eigenvalue weighted by Crippen LogP contribution is -2.25. The molecule has 0 fully saturated rings. The van der Waals surface area contributed by atoms with E-state index in [9.17, 15) is 13.6 Å². The van der Waals surface area contributed by atoms with Gasteiger partial charge in [0.25, 0.3) is 5.91 Å². The van der Waals surface area contributed by atoms with Gasteiger partial charge in [0.15, 0.2) is 0 Å². The van der Waals surface area contributed by atoms with Crippen LogP contribution in [-0.4, -0.2) is 15.9 Å². The van der Waals surface area contributed by atoms with Gasteiger partial charge in [-0.3, -0.25) is 4.79 Å². The zero-order chi connectivity index (χ0) is 12.3. The Labute approximate surface area is 95.7 Å². The third kappa shape index (κ3) is 2.47. The lowest BCUT2D eigenvalue weighted by molar-refractivity contribution is 0.0942. The number of nitrogens with zero attached hydrogens (tertiary/aromatic N) is 1. The second-order valence-corrected chi connectivity index (χ2v) is 3.36. The molecule has 1 aromatic carbocycles. The first-order valence-corrected chi connectivity index (χ1v) is 4.88. The molecular weight excluding hydrogens is 228 g/mol. The summed E-state index contributed by atoms with van der Waals surface area (Å²) in [5, 5.41) is 2.39. The summed E-state index contributed by atoms with van der Waals surface area (Å²) in [6.07, 6.45) is 2.96. The van der Waals surface area contributed by atoms with E-state index in [1.807, 2.05) is 0 Å². The molecular formula is C11H9F2N3O. The van der Waals surface area contributed by atoms with Gasteiger partial charge in [0.2, 0.25) is 0 Å². The Kier molecular flexibility index (Phi) is 3.13. The molecule has 1 amide bonds. The first-order chi connectivity index (χ1) is 8.18. The van der Waals surface area contributed by atoms with Crippen LogP contribution in [0.2, 0.25) is 0 Å². The number of aromatic nitrogens is 2. The van der Waals surface area contributed by atoms with Crippen molar-refractivity contribution in [3.63, 3.8) is 0 Å². The first-order valence-electron chi connectivity index (χ1n) is 4.88. The summed E-state index contributed by atoms with van der Waals surface area (Å²) < 4.78 is 26.5. The van der Waals surface area contributed by atoms with Crippen molar-refractivity contribution in [2.45, 2.75) is 6.54 Å². The summed E-state index contributed by atoms with van der Waals surface area (Å²) in [4.78, 5) is 18.1. The summed E-state index contributed by atoms with van der Waals surface area (Å²) in [5.74, 6) is -2.56. The number of hydrogen-bond donors (Lipinski definition) is 2. The van der Waals surface area contributed by atoms with E-state index >= 15 is 0 Å². The summed E-state index contributed by atoms with van der Waals surface area (Å²) in [5.41, 5.74) is 0.0714. The SMILES string of the molecule is O=C(NCc1cnc[nH]1)c1c(F)cccc1F. The number of amides is 1. The number of H-pyrrole nitrogens is 1. The van der Waals surface area contributed by atoms with Crippen molar-refractivity contribution in [3.05, 3.63) is 53.6 Å². The Morgan fingerprint density at radius 1 is 1.35 bits per heavy atom. The number of carbonyl (C=O) groups is 1. The number of imidazole rings is 1. The Balaban J connectivity index is 2.10. The van der Waals surface area contributed by atoms with E-state index in [1.54, 1.807) is 0 Å². The molecule has 0 spiro atoms.